The van der Waals surface area contributed by atoms with Crippen molar-refractivity contribution in [2.75, 3.05) is 0 Å². The highest BCUT2D eigenvalue weighted by atomic mass is 19.1. The Hall–Kier alpha value is -1.74. The number of pyridine rings is 1. The molecule has 86 valence electrons. The zero-order valence-electron chi connectivity index (χ0n) is 9.23. The lowest BCUT2D eigenvalue weighted by Crippen LogP contribution is -2.23. The standard InChI is InChI=1S/C14H12FNO/c15-12-3-4-13-10(8-12)5-6-14(13,17)11-2-1-7-16-9-11/h1-4,7-9,17H,5-6H2. The first-order valence-electron chi connectivity index (χ1n) is 5.62. The molecule has 2 nitrogen and oxygen atoms in total. The number of aryl methyl sites for hydroxylation is 1. The molecule has 17 heavy (non-hydrogen) atoms. The van der Waals surface area contributed by atoms with Crippen LogP contribution in [0.4, 0.5) is 4.39 Å². The van der Waals surface area contributed by atoms with Gasteiger partial charge in [0.2, 0.25) is 0 Å². The third-order valence-corrected chi connectivity index (χ3v) is 3.41. The summed E-state index contributed by atoms with van der Waals surface area (Å²) < 4.78 is 13.1. The maximum Gasteiger partial charge on any atom is 0.123 e. The van der Waals surface area contributed by atoms with Crippen LogP contribution in [0.3, 0.4) is 0 Å². The van der Waals surface area contributed by atoms with E-state index in [4.69, 9.17) is 0 Å². The van der Waals surface area contributed by atoms with Crippen LogP contribution in [0.5, 0.6) is 0 Å². The van der Waals surface area contributed by atoms with Crippen molar-refractivity contribution < 1.29 is 9.50 Å². The molecule has 0 fully saturated rings. The Morgan fingerprint density at radius 1 is 1.29 bits per heavy atom. The van der Waals surface area contributed by atoms with Gasteiger partial charge in [-0.25, -0.2) is 4.39 Å². The summed E-state index contributed by atoms with van der Waals surface area (Å²) in [5.41, 5.74) is 1.44. The second-order valence-electron chi connectivity index (χ2n) is 4.40. The largest absolute Gasteiger partial charge is 0.380 e. The molecule has 0 saturated carbocycles. The number of rotatable bonds is 1. The van der Waals surface area contributed by atoms with Crippen molar-refractivity contribution in [3.63, 3.8) is 0 Å². The molecular weight excluding hydrogens is 217 g/mol. The fraction of sp³-hybridized carbons (Fsp3) is 0.214. The predicted octanol–water partition coefficient (Wildman–Crippen LogP) is 2.40. The van der Waals surface area contributed by atoms with Crippen LogP contribution in [-0.2, 0) is 12.0 Å². The highest BCUT2D eigenvalue weighted by molar-refractivity contribution is 5.44. The Bertz CT molecular complexity index is 555. The Morgan fingerprint density at radius 3 is 2.94 bits per heavy atom. The number of hydrogen-bond donors (Lipinski definition) is 1. The maximum atomic E-state index is 13.1. The minimum Gasteiger partial charge on any atom is -0.380 e. The Labute approximate surface area is 98.8 Å². The minimum atomic E-state index is -1.02. The number of aromatic nitrogens is 1. The van der Waals surface area contributed by atoms with Gasteiger partial charge >= 0.3 is 0 Å². The van der Waals surface area contributed by atoms with Gasteiger partial charge in [-0.05, 0) is 42.2 Å². The molecule has 2 aromatic rings. The van der Waals surface area contributed by atoms with E-state index in [1.54, 1.807) is 24.5 Å². The highest BCUT2D eigenvalue weighted by Gasteiger charge is 2.38. The van der Waals surface area contributed by atoms with Gasteiger partial charge in [0, 0.05) is 18.0 Å². The van der Waals surface area contributed by atoms with Gasteiger partial charge in [-0.1, -0.05) is 12.1 Å². The summed E-state index contributed by atoms with van der Waals surface area (Å²) in [6.45, 7) is 0. The lowest BCUT2D eigenvalue weighted by Gasteiger charge is -2.24. The number of aliphatic hydroxyl groups is 1. The summed E-state index contributed by atoms with van der Waals surface area (Å²) in [5, 5.41) is 10.7. The second kappa shape index (κ2) is 3.64. The van der Waals surface area contributed by atoms with Crippen molar-refractivity contribution in [1.29, 1.82) is 0 Å². The molecule has 0 bridgehead atoms. The Morgan fingerprint density at radius 2 is 2.18 bits per heavy atom. The topological polar surface area (TPSA) is 33.1 Å². The van der Waals surface area contributed by atoms with Gasteiger partial charge in [0.05, 0.1) is 0 Å². The van der Waals surface area contributed by atoms with Crippen LogP contribution >= 0.6 is 0 Å². The van der Waals surface area contributed by atoms with E-state index in [0.717, 1.165) is 16.7 Å². The van der Waals surface area contributed by atoms with Crippen LogP contribution < -0.4 is 0 Å². The van der Waals surface area contributed by atoms with E-state index in [1.165, 1.54) is 12.1 Å². The zero-order valence-corrected chi connectivity index (χ0v) is 9.23. The van der Waals surface area contributed by atoms with E-state index < -0.39 is 5.60 Å². The smallest absolute Gasteiger partial charge is 0.123 e. The van der Waals surface area contributed by atoms with Crippen molar-refractivity contribution in [3.05, 3.63) is 65.2 Å². The molecule has 0 amide bonds. The summed E-state index contributed by atoms with van der Waals surface area (Å²) in [6.07, 6.45) is 4.61. The lowest BCUT2D eigenvalue weighted by atomic mass is 9.89. The van der Waals surface area contributed by atoms with Crippen LogP contribution in [0.2, 0.25) is 0 Å². The van der Waals surface area contributed by atoms with Gasteiger partial charge < -0.3 is 5.11 Å². The lowest BCUT2D eigenvalue weighted by molar-refractivity contribution is 0.0825. The van der Waals surface area contributed by atoms with Crippen LogP contribution in [0.15, 0.2) is 42.7 Å². The SMILES string of the molecule is OC1(c2cccnc2)CCc2cc(F)ccc21. The number of nitrogens with zero attached hydrogens (tertiary/aromatic N) is 1. The number of fused-ring (bicyclic) bond motifs is 1. The van der Waals surface area contributed by atoms with E-state index in [9.17, 15) is 9.50 Å². The van der Waals surface area contributed by atoms with Crippen molar-refractivity contribution in [1.82, 2.24) is 4.98 Å². The summed E-state index contributed by atoms with van der Waals surface area (Å²) >= 11 is 0. The van der Waals surface area contributed by atoms with E-state index in [-0.39, 0.29) is 5.82 Å². The van der Waals surface area contributed by atoms with Crippen molar-refractivity contribution >= 4 is 0 Å². The molecule has 1 heterocycles. The molecular formula is C14H12FNO. The normalized spacial score (nSPS) is 22.5. The third-order valence-electron chi connectivity index (χ3n) is 3.41. The molecule has 1 N–H and O–H groups in total. The molecule has 1 aromatic carbocycles. The fourth-order valence-electron chi connectivity index (χ4n) is 2.53. The van der Waals surface area contributed by atoms with E-state index in [1.807, 2.05) is 6.07 Å². The number of halogens is 1. The summed E-state index contributed by atoms with van der Waals surface area (Å²) in [7, 11) is 0. The number of benzene rings is 1. The molecule has 1 aliphatic carbocycles. The minimum absolute atomic E-state index is 0.251. The molecule has 0 saturated heterocycles. The van der Waals surface area contributed by atoms with Crippen LogP contribution in [0.1, 0.15) is 23.1 Å². The molecule has 1 aromatic heterocycles. The average molecular weight is 229 g/mol. The first-order valence-corrected chi connectivity index (χ1v) is 5.62. The molecule has 0 spiro atoms. The van der Waals surface area contributed by atoms with Gasteiger partial charge in [0.15, 0.2) is 0 Å². The maximum absolute atomic E-state index is 13.1. The Kier molecular flexibility index (Phi) is 2.23. The van der Waals surface area contributed by atoms with Crippen molar-refractivity contribution in [3.8, 4) is 0 Å². The van der Waals surface area contributed by atoms with Crippen molar-refractivity contribution in [2.24, 2.45) is 0 Å². The zero-order chi connectivity index (χ0) is 11.9. The summed E-state index contributed by atoms with van der Waals surface area (Å²) in [5.74, 6) is -0.251. The van der Waals surface area contributed by atoms with E-state index >= 15 is 0 Å². The molecule has 1 aliphatic rings. The third kappa shape index (κ3) is 1.54. The summed E-state index contributed by atoms with van der Waals surface area (Å²) in [6, 6.07) is 8.22. The molecule has 0 aliphatic heterocycles. The van der Waals surface area contributed by atoms with Crippen LogP contribution in [-0.4, -0.2) is 10.1 Å². The highest BCUT2D eigenvalue weighted by Crippen LogP contribution is 2.41. The van der Waals surface area contributed by atoms with E-state index in [2.05, 4.69) is 4.98 Å². The van der Waals surface area contributed by atoms with Gasteiger partial charge in [0.25, 0.3) is 0 Å². The Balaban J connectivity index is 2.14. The fourth-order valence-corrected chi connectivity index (χ4v) is 2.53. The first-order chi connectivity index (χ1) is 8.20. The molecule has 0 radical (unpaired) electrons. The van der Waals surface area contributed by atoms with Crippen LogP contribution in [0, 0.1) is 5.82 Å². The van der Waals surface area contributed by atoms with Crippen molar-refractivity contribution in [2.45, 2.75) is 18.4 Å². The monoisotopic (exact) mass is 229 g/mol. The summed E-state index contributed by atoms with van der Waals surface area (Å²) in [4.78, 5) is 4.03. The van der Waals surface area contributed by atoms with Gasteiger partial charge in [-0.3, -0.25) is 4.98 Å². The number of hydrogen-bond acceptors (Lipinski definition) is 2. The predicted molar refractivity (Wildman–Crippen MR) is 62.0 cm³/mol. The quantitative estimate of drug-likeness (QED) is 0.814. The van der Waals surface area contributed by atoms with Crippen LogP contribution in [0.25, 0.3) is 0 Å². The average Bonchev–Trinajstić information content (AvgIpc) is 2.69. The molecule has 1 unspecified atom stereocenters. The second-order valence-corrected chi connectivity index (χ2v) is 4.40. The molecule has 3 rings (SSSR count). The van der Waals surface area contributed by atoms with Gasteiger partial charge in [0.1, 0.15) is 11.4 Å². The van der Waals surface area contributed by atoms with Gasteiger partial charge in [-0.2, -0.15) is 0 Å². The molecule has 1 atom stereocenters. The molecule has 3 heteroatoms. The van der Waals surface area contributed by atoms with E-state index in [0.29, 0.717) is 12.8 Å². The first kappa shape index (κ1) is 10.4. The van der Waals surface area contributed by atoms with Gasteiger partial charge in [-0.15, -0.1) is 0 Å².